The van der Waals surface area contributed by atoms with Crippen molar-refractivity contribution in [2.24, 2.45) is 11.3 Å². The highest BCUT2D eigenvalue weighted by Crippen LogP contribution is 2.58. The number of nitrogens with zero attached hydrogens (tertiary/aromatic N) is 1. The minimum atomic E-state index is -0.584. The smallest absolute Gasteiger partial charge is 0.419 e. The molecule has 5 nitrogen and oxygen atoms in total. The minimum Gasteiger partial charge on any atom is -0.443 e. The molecule has 0 saturated heterocycles. The Balaban J connectivity index is 1.40. The zero-order chi connectivity index (χ0) is 28.3. The molecule has 2 aliphatic rings. The van der Waals surface area contributed by atoms with Gasteiger partial charge in [-0.05, 0) is 92.7 Å². The summed E-state index contributed by atoms with van der Waals surface area (Å²) >= 11 is 0. The average molecular weight is 540 g/mol. The maximum absolute atomic E-state index is 13.4. The SMILES string of the molecule is CC(C)(C)OC(=O)n1c2ccccc2c2cc3c(cc21)CCC1[C@](C)(COCc2ccccc2)[C@@H](O)CC[C@]31C. The van der Waals surface area contributed by atoms with Crippen molar-refractivity contribution < 1.29 is 19.4 Å². The number of aliphatic hydroxyl groups excluding tert-OH is 1. The van der Waals surface area contributed by atoms with Crippen LogP contribution in [0.1, 0.15) is 70.6 Å². The minimum absolute atomic E-state index is 0.0962. The van der Waals surface area contributed by atoms with Gasteiger partial charge in [-0.2, -0.15) is 0 Å². The van der Waals surface area contributed by atoms with Crippen molar-refractivity contribution in [2.75, 3.05) is 6.61 Å². The molecule has 1 aromatic heterocycles. The first-order chi connectivity index (χ1) is 19.0. The Morgan fingerprint density at radius 2 is 1.70 bits per heavy atom. The summed E-state index contributed by atoms with van der Waals surface area (Å²) in [4.78, 5) is 13.4. The lowest BCUT2D eigenvalue weighted by Crippen LogP contribution is -2.57. The summed E-state index contributed by atoms with van der Waals surface area (Å²) in [5.41, 5.74) is 4.54. The van der Waals surface area contributed by atoms with E-state index in [1.165, 1.54) is 11.1 Å². The molecule has 210 valence electrons. The highest BCUT2D eigenvalue weighted by Gasteiger charge is 2.55. The molecule has 4 atom stereocenters. The summed E-state index contributed by atoms with van der Waals surface area (Å²) < 4.78 is 13.9. The fourth-order valence-electron chi connectivity index (χ4n) is 7.63. The third-order valence-corrected chi connectivity index (χ3v) is 9.58. The standard InChI is InChI=1S/C35H41NO4/c1-33(2,3)40-32(38)36-28-14-10-9-13-25(28)26-20-27-24(19-29(26)36)15-16-30-34(27,4)18-17-31(37)35(30,5)22-39-21-23-11-7-6-8-12-23/h6-14,19-20,30-31,37H,15-18,21-22H2,1-5H3/t30?,31-,34+,35-/m0/s1. The Kier molecular flexibility index (Phi) is 6.59. The predicted octanol–water partition coefficient (Wildman–Crippen LogP) is 7.78. The second-order valence-electron chi connectivity index (χ2n) is 13.4. The number of benzene rings is 3. The van der Waals surface area contributed by atoms with Gasteiger partial charge in [0, 0.05) is 16.2 Å². The molecule has 0 aliphatic heterocycles. The first-order valence-electron chi connectivity index (χ1n) is 14.6. The number of ether oxygens (including phenoxy) is 2. The fourth-order valence-corrected chi connectivity index (χ4v) is 7.63. The van der Waals surface area contributed by atoms with E-state index >= 15 is 0 Å². The Morgan fingerprint density at radius 3 is 2.45 bits per heavy atom. The highest BCUT2D eigenvalue weighted by molar-refractivity contribution is 6.13. The van der Waals surface area contributed by atoms with E-state index < -0.39 is 11.7 Å². The van der Waals surface area contributed by atoms with E-state index in [1.807, 2.05) is 57.2 Å². The summed E-state index contributed by atoms with van der Waals surface area (Å²) in [5, 5.41) is 13.5. The Morgan fingerprint density at radius 1 is 0.975 bits per heavy atom. The zero-order valence-electron chi connectivity index (χ0n) is 24.4. The number of aryl methyl sites for hydroxylation is 1. The van der Waals surface area contributed by atoms with Gasteiger partial charge < -0.3 is 14.6 Å². The molecule has 0 radical (unpaired) electrons. The van der Waals surface area contributed by atoms with Crippen LogP contribution >= 0.6 is 0 Å². The number of carbonyl (C=O) groups is 1. The average Bonchev–Trinajstić information content (AvgIpc) is 3.23. The topological polar surface area (TPSA) is 60.7 Å². The predicted molar refractivity (Wildman–Crippen MR) is 160 cm³/mol. The maximum Gasteiger partial charge on any atom is 0.419 e. The van der Waals surface area contributed by atoms with Crippen LogP contribution in [0.3, 0.4) is 0 Å². The van der Waals surface area contributed by atoms with Crippen molar-refractivity contribution in [3.8, 4) is 0 Å². The van der Waals surface area contributed by atoms with Crippen LogP contribution in [-0.4, -0.2) is 34.1 Å². The molecule has 1 N–H and O–H groups in total. The largest absolute Gasteiger partial charge is 0.443 e. The number of hydrogen-bond acceptors (Lipinski definition) is 4. The number of para-hydroxylation sites is 1. The van der Waals surface area contributed by atoms with Crippen LogP contribution in [0.4, 0.5) is 4.79 Å². The van der Waals surface area contributed by atoms with Gasteiger partial charge in [0.05, 0.1) is 30.4 Å². The summed E-state index contributed by atoms with van der Waals surface area (Å²) in [7, 11) is 0. The van der Waals surface area contributed by atoms with Crippen LogP contribution in [0.2, 0.25) is 0 Å². The van der Waals surface area contributed by atoms with Crippen molar-refractivity contribution >= 4 is 27.9 Å². The van der Waals surface area contributed by atoms with Gasteiger partial charge in [0.15, 0.2) is 0 Å². The lowest BCUT2D eigenvalue weighted by molar-refractivity contribution is -0.127. The lowest BCUT2D eigenvalue weighted by Gasteiger charge is -2.57. The van der Waals surface area contributed by atoms with Crippen molar-refractivity contribution in [1.29, 1.82) is 0 Å². The molecule has 2 aliphatic carbocycles. The summed E-state index contributed by atoms with van der Waals surface area (Å²) in [5.74, 6) is 0.281. The molecule has 4 aromatic rings. The third-order valence-electron chi connectivity index (χ3n) is 9.58. The van der Waals surface area contributed by atoms with Crippen molar-refractivity contribution in [1.82, 2.24) is 4.57 Å². The van der Waals surface area contributed by atoms with E-state index in [9.17, 15) is 9.90 Å². The molecule has 1 saturated carbocycles. The van der Waals surface area contributed by atoms with E-state index in [2.05, 4.69) is 44.2 Å². The fraction of sp³-hybridized carbons (Fsp3) is 0.457. The van der Waals surface area contributed by atoms with Gasteiger partial charge >= 0.3 is 6.09 Å². The maximum atomic E-state index is 13.4. The molecule has 0 spiro atoms. The Labute approximate surface area is 237 Å². The zero-order valence-corrected chi connectivity index (χ0v) is 24.4. The number of aromatic nitrogens is 1. The molecular formula is C35H41NO4. The molecule has 1 heterocycles. The van der Waals surface area contributed by atoms with Crippen LogP contribution in [0.25, 0.3) is 21.8 Å². The Bertz CT molecular complexity index is 1570. The van der Waals surface area contributed by atoms with Gasteiger partial charge in [-0.1, -0.05) is 62.4 Å². The first kappa shape index (κ1) is 27.0. The lowest BCUT2D eigenvalue weighted by atomic mass is 9.49. The number of carbonyl (C=O) groups excluding carboxylic acids is 1. The van der Waals surface area contributed by atoms with E-state index in [0.717, 1.165) is 53.1 Å². The molecule has 6 rings (SSSR count). The van der Waals surface area contributed by atoms with E-state index in [4.69, 9.17) is 9.47 Å². The second-order valence-corrected chi connectivity index (χ2v) is 13.4. The van der Waals surface area contributed by atoms with Crippen molar-refractivity contribution in [3.05, 3.63) is 83.4 Å². The molecular weight excluding hydrogens is 498 g/mol. The number of hydrogen-bond donors (Lipinski definition) is 1. The number of fused-ring (bicyclic) bond motifs is 6. The normalized spacial score (nSPS) is 26.4. The quantitative estimate of drug-likeness (QED) is 0.288. The molecule has 3 aromatic carbocycles. The van der Waals surface area contributed by atoms with Gasteiger partial charge in [-0.3, -0.25) is 0 Å². The summed E-state index contributed by atoms with van der Waals surface area (Å²) in [6.07, 6.45) is 2.81. The molecule has 0 amide bonds. The van der Waals surface area contributed by atoms with Crippen molar-refractivity contribution in [2.45, 2.75) is 84.0 Å². The van der Waals surface area contributed by atoms with Gasteiger partial charge in [-0.15, -0.1) is 0 Å². The van der Waals surface area contributed by atoms with Gasteiger partial charge in [0.2, 0.25) is 0 Å². The molecule has 1 fully saturated rings. The Hall–Kier alpha value is -3.15. The van der Waals surface area contributed by atoms with E-state index in [-0.39, 0.29) is 22.8 Å². The highest BCUT2D eigenvalue weighted by atomic mass is 16.6. The van der Waals surface area contributed by atoms with Gasteiger partial charge in [0.1, 0.15) is 5.60 Å². The van der Waals surface area contributed by atoms with Crippen LogP contribution in [0.5, 0.6) is 0 Å². The van der Waals surface area contributed by atoms with Crippen LogP contribution in [0, 0.1) is 11.3 Å². The number of aliphatic hydroxyl groups is 1. The second kappa shape index (κ2) is 9.74. The molecule has 40 heavy (non-hydrogen) atoms. The van der Waals surface area contributed by atoms with E-state index in [0.29, 0.717) is 13.2 Å². The van der Waals surface area contributed by atoms with Crippen LogP contribution < -0.4 is 0 Å². The monoisotopic (exact) mass is 539 g/mol. The molecule has 1 unspecified atom stereocenters. The summed E-state index contributed by atoms with van der Waals surface area (Å²) in [6.45, 7) is 11.4. The van der Waals surface area contributed by atoms with Gasteiger partial charge in [0.25, 0.3) is 0 Å². The first-order valence-corrected chi connectivity index (χ1v) is 14.6. The molecule has 5 heteroatoms. The van der Waals surface area contributed by atoms with Crippen LogP contribution in [-0.2, 0) is 27.9 Å². The molecule has 0 bridgehead atoms. The third kappa shape index (κ3) is 4.44. The van der Waals surface area contributed by atoms with Crippen LogP contribution in [0.15, 0.2) is 66.7 Å². The summed E-state index contributed by atoms with van der Waals surface area (Å²) in [6, 6.07) is 22.9. The van der Waals surface area contributed by atoms with E-state index in [1.54, 1.807) is 4.57 Å². The van der Waals surface area contributed by atoms with Gasteiger partial charge in [-0.25, -0.2) is 9.36 Å². The van der Waals surface area contributed by atoms with Crippen molar-refractivity contribution in [3.63, 3.8) is 0 Å². The number of rotatable bonds is 4.